The first-order valence-electron chi connectivity index (χ1n) is 10.4. The monoisotopic (exact) mass is 424 g/mol. The molecule has 1 aliphatic rings. The Balaban J connectivity index is 1.56. The van der Waals surface area contributed by atoms with Crippen LogP contribution in [-0.2, 0) is 9.59 Å². The average molecular weight is 425 g/mol. The first-order chi connectivity index (χ1) is 14.7. The van der Waals surface area contributed by atoms with E-state index in [1.54, 1.807) is 13.0 Å². The summed E-state index contributed by atoms with van der Waals surface area (Å²) in [6.07, 6.45) is 2.24. The SMILES string of the molecule is Cc1ccc([N+](=O)[O-])cc1NC(=O)CCN(CC(=O)Nc1c(C)cccc1C)C1CC1. The lowest BCUT2D eigenvalue weighted by molar-refractivity contribution is -0.384. The molecule has 2 N–H and O–H groups in total. The minimum Gasteiger partial charge on any atom is -0.326 e. The van der Waals surface area contributed by atoms with E-state index in [-0.39, 0.29) is 30.5 Å². The molecular weight excluding hydrogens is 396 g/mol. The Labute approximate surface area is 181 Å². The predicted molar refractivity (Wildman–Crippen MR) is 120 cm³/mol. The summed E-state index contributed by atoms with van der Waals surface area (Å²) in [6, 6.07) is 10.6. The van der Waals surface area contributed by atoms with Crippen LogP contribution in [-0.4, -0.2) is 40.8 Å². The van der Waals surface area contributed by atoms with Crippen LogP contribution in [0.2, 0.25) is 0 Å². The molecule has 1 saturated carbocycles. The van der Waals surface area contributed by atoms with E-state index in [2.05, 4.69) is 10.6 Å². The first kappa shape index (κ1) is 22.4. The number of rotatable bonds is 9. The Morgan fingerprint density at radius 1 is 1.03 bits per heavy atom. The molecule has 0 atom stereocenters. The summed E-state index contributed by atoms with van der Waals surface area (Å²) < 4.78 is 0. The number of hydrogen-bond acceptors (Lipinski definition) is 5. The molecule has 1 fully saturated rings. The number of anilines is 2. The predicted octanol–water partition coefficient (Wildman–Crippen LogP) is 3.95. The highest BCUT2D eigenvalue weighted by Gasteiger charge is 2.30. The molecule has 1 aliphatic carbocycles. The lowest BCUT2D eigenvalue weighted by Crippen LogP contribution is -2.37. The molecule has 0 heterocycles. The van der Waals surface area contributed by atoms with Crippen molar-refractivity contribution in [1.82, 2.24) is 4.90 Å². The van der Waals surface area contributed by atoms with Gasteiger partial charge in [-0.2, -0.15) is 0 Å². The highest BCUT2D eigenvalue weighted by Crippen LogP contribution is 2.27. The van der Waals surface area contributed by atoms with Gasteiger partial charge in [0.05, 0.1) is 17.2 Å². The summed E-state index contributed by atoms with van der Waals surface area (Å²) in [5.41, 5.74) is 3.98. The molecule has 8 nitrogen and oxygen atoms in total. The highest BCUT2D eigenvalue weighted by atomic mass is 16.6. The third-order valence-electron chi connectivity index (χ3n) is 5.49. The zero-order valence-electron chi connectivity index (χ0n) is 18.1. The van der Waals surface area contributed by atoms with Crippen molar-refractivity contribution in [1.29, 1.82) is 0 Å². The molecule has 0 radical (unpaired) electrons. The second-order valence-electron chi connectivity index (χ2n) is 8.07. The van der Waals surface area contributed by atoms with Gasteiger partial charge in [-0.3, -0.25) is 24.6 Å². The van der Waals surface area contributed by atoms with Gasteiger partial charge in [-0.05, 0) is 50.3 Å². The van der Waals surface area contributed by atoms with Crippen molar-refractivity contribution in [3.63, 3.8) is 0 Å². The molecular formula is C23H28N4O4. The zero-order chi connectivity index (χ0) is 22.5. The van der Waals surface area contributed by atoms with E-state index in [9.17, 15) is 19.7 Å². The van der Waals surface area contributed by atoms with Gasteiger partial charge < -0.3 is 10.6 Å². The molecule has 3 rings (SSSR count). The zero-order valence-corrected chi connectivity index (χ0v) is 18.1. The van der Waals surface area contributed by atoms with Crippen molar-refractivity contribution in [3.05, 3.63) is 63.2 Å². The molecule has 164 valence electrons. The number of nitro groups is 1. The number of benzene rings is 2. The largest absolute Gasteiger partial charge is 0.326 e. The Kier molecular flexibility index (Phi) is 7.02. The number of non-ortho nitro benzene ring substituents is 1. The summed E-state index contributed by atoms with van der Waals surface area (Å²) in [5.74, 6) is -0.330. The first-order valence-corrected chi connectivity index (χ1v) is 10.4. The summed E-state index contributed by atoms with van der Waals surface area (Å²) in [6.45, 7) is 6.38. The van der Waals surface area contributed by atoms with E-state index < -0.39 is 4.92 Å². The maximum absolute atomic E-state index is 12.6. The lowest BCUT2D eigenvalue weighted by atomic mass is 10.1. The fourth-order valence-corrected chi connectivity index (χ4v) is 3.52. The number of amides is 2. The fourth-order valence-electron chi connectivity index (χ4n) is 3.52. The average Bonchev–Trinajstić information content (AvgIpc) is 3.55. The van der Waals surface area contributed by atoms with E-state index in [4.69, 9.17) is 0 Å². The molecule has 2 aromatic carbocycles. The van der Waals surface area contributed by atoms with Gasteiger partial charge in [-0.1, -0.05) is 24.3 Å². The van der Waals surface area contributed by atoms with Gasteiger partial charge in [0.1, 0.15) is 0 Å². The summed E-state index contributed by atoms with van der Waals surface area (Å²) in [7, 11) is 0. The molecule has 0 spiro atoms. The van der Waals surface area contributed by atoms with E-state index in [1.807, 2.05) is 36.9 Å². The van der Waals surface area contributed by atoms with Crippen molar-refractivity contribution in [3.8, 4) is 0 Å². The number of aryl methyl sites for hydroxylation is 3. The summed E-state index contributed by atoms with van der Waals surface area (Å²) in [4.78, 5) is 37.6. The summed E-state index contributed by atoms with van der Waals surface area (Å²) >= 11 is 0. The van der Waals surface area contributed by atoms with Crippen LogP contribution in [0.3, 0.4) is 0 Å². The molecule has 0 saturated heterocycles. The van der Waals surface area contributed by atoms with Crippen LogP contribution in [0.15, 0.2) is 36.4 Å². The number of carbonyl (C=O) groups is 2. The smallest absolute Gasteiger partial charge is 0.271 e. The van der Waals surface area contributed by atoms with E-state index in [1.165, 1.54) is 12.1 Å². The number of nitro benzene ring substituents is 1. The molecule has 0 bridgehead atoms. The van der Waals surface area contributed by atoms with Crippen molar-refractivity contribution in [2.45, 2.75) is 46.1 Å². The summed E-state index contributed by atoms with van der Waals surface area (Å²) in [5, 5.41) is 16.7. The fraction of sp³-hybridized carbons (Fsp3) is 0.391. The second-order valence-corrected chi connectivity index (χ2v) is 8.07. The Morgan fingerprint density at radius 3 is 2.32 bits per heavy atom. The van der Waals surface area contributed by atoms with Gasteiger partial charge in [0.15, 0.2) is 0 Å². The van der Waals surface area contributed by atoms with Crippen LogP contribution in [0.5, 0.6) is 0 Å². The van der Waals surface area contributed by atoms with Crippen molar-refractivity contribution in [2.75, 3.05) is 23.7 Å². The van der Waals surface area contributed by atoms with E-state index in [0.29, 0.717) is 18.3 Å². The maximum Gasteiger partial charge on any atom is 0.271 e. The molecule has 31 heavy (non-hydrogen) atoms. The van der Waals surface area contributed by atoms with Gasteiger partial charge in [-0.25, -0.2) is 0 Å². The van der Waals surface area contributed by atoms with Crippen molar-refractivity contribution >= 4 is 28.9 Å². The highest BCUT2D eigenvalue weighted by molar-refractivity contribution is 5.94. The molecule has 2 amide bonds. The van der Waals surface area contributed by atoms with E-state index >= 15 is 0 Å². The third kappa shape index (κ3) is 6.11. The minimum atomic E-state index is -0.487. The molecule has 8 heteroatoms. The van der Waals surface area contributed by atoms with E-state index in [0.717, 1.165) is 35.2 Å². The van der Waals surface area contributed by atoms with Crippen LogP contribution >= 0.6 is 0 Å². The van der Waals surface area contributed by atoms with Gasteiger partial charge in [0.25, 0.3) is 5.69 Å². The topological polar surface area (TPSA) is 105 Å². The van der Waals surface area contributed by atoms with Crippen LogP contribution in [0.25, 0.3) is 0 Å². The maximum atomic E-state index is 12.6. The Morgan fingerprint density at radius 2 is 1.71 bits per heavy atom. The van der Waals surface area contributed by atoms with Crippen molar-refractivity contribution in [2.24, 2.45) is 0 Å². The quantitative estimate of drug-likeness (QED) is 0.468. The Hall–Kier alpha value is -3.26. The molecule has 0 unspecified atom stereocenters. The van der Waals surface area contributed by atoms with Gasteiger partial charge in [-0.15, -0.1) is 0 Å². The van der Waals surface area contributed by atoms with Gasteiger partial charge in [0, 0.05) is 36.8 Å². The molecule has 0 aromatic heterocycles. The second kappa shape index (κ2) is 9.70. The van der Waals surface area contributed by atoms with Crippen LogP contribution < -0.4 is 10.6 Å². The molecule has 0 aliphatic heterocycles. The third-order valence-corrected chi connectivity index (χ3v) is 5.49. The van der Waals surface area contributed by atoms with Crippen molar-refractivity contribution < 1.29 is 14.5 Å². The number of nitrogens with zero attached hydrogens (tertiary/aromatic N) is 2. The minimum absolute atomic E-state index is 0.0660. The van der Waals surface area contributed by atoms with Crippen LogP contribution in [0.1, 0.15) is 36.0 Å². The number of nitrogens with one attached hydrogen (secondary N) is 2. The molecule has 2 aromatic rings. The van der Waals surface area contributed by atoms with Gasteiger partial charge >= 0.3 is 0 Å². The van der Waals surface area contributed by atoms with Crippen LogP contribution in [0.4, 0.5) is 17.1 Å². The van der Waals surface area contributed by atoms with Crippen LogP contribution in [0, 0.1) is 30.9 Å². The Bertz CT molecular complexity index is 981. The number of para-hydroxylation sites is 1. The number of hydrogen-bond donors (Lipinski definition) is 2. The normalized spacial score (nSPS) is 13.2. The number of carbonyl (C=O) groups excluding carboxylic acids is 2. The lowest BCUT2D eigenvalue weighted by Gasteiger charge is -2.22. The van der Waals surface area contributed by atoms with Gasteiger partial charge in [0.2, 0.25) is 11.8 Å². The standard InChI is InChI=1S/C23H28N4O4/c1-15-7-8-19(27(30)31)13-20(15)24-21(28)11-12-26(18-9-10-18)14-22(29)25-23-16(2)5-4-6-17(23)3/h4-8,13,18H,9-12,14H2,1-3H3,(H,24,28)(H,25,29).